The zero-order valence-electron chi connectivity index (χ0n) is 11.9. The van der Waals surface area contributed by atoms with Gasteiger partial charge in [0.2, 0.25) is 0 Å². The summed E-state index contributed by atoms with van der Waals surface area (Å²) >= 11 is 0. The fourth-order valence-corrected chi connectivity index (χ4v) is 2.03. The van der Waals surface area contributed by atoms with Crippen molar-refractivity contribution in [3.05, 3.63) is 29.8 Å². The Morgan fingerprint density at radius 2 is 2.33 bits per heavy atom. The van der Waals surface area contributed by atoms with Crippen LogP contribution >= 0.6 is 0 Å². The maximum absolute atomic E-state index is 11.9. The lowest BCUT2D eigenvalue weighted by molar-refractivity contribution is -0.138. The van der Waals surface area contributed by atoms with Crippen LogP contribution in [0.25, 0.3) is 0 Å². The molecule has 21 heavy (non-hydrogen) atoms. The molecular formula is C15H19NO5. The lowest BCUT2D eigenvalue weighted by atomic mass is 10.2. The Bertz CT molecular complexity index is 511. The van der Waals surface area contributed by atoms with Crippen molar-refractivity contribution in [2.45, 2.75) is 31.9 Å². The molecule has 2 rings (SSSR count). The average Bonchev–Trinajstić information content (AvgIpc) is 2.98. The van der Waals surface area contributed by atoms with E-state index >= 15 is 0 Å². The van der Waals surface area contributed by atoms with Gasteiger partial charge >= 0.3 is 5.97 Å². The molecule has 0 bridgehead atoms. The molecule has 1 aromatic rings. The van der Waals surface area contributed by atoms with Gasteiger partial charge in [0.1, 0.15) is 18.4 Å². The van der Waals surface area contributed by atoms with Crippen LogP contribution in [0.4, 0.5) is 0 Å². The number of amides is 1. The Balaban J connectivity index is 1.93. The highest BCUT2D eigenvalue weighted by Gasteiger charge is 2.17. The van der Waals surface area contributed by atoms with Gasteiger partial charge in [-0.05, 0) is 38.0 Å². The molecule has 0 spiro atoms. The smallest absolute Gasteiger partial charge is 0.325 e. The Morgan fingerprint density at radius 3 is 3.00 bits per heavy atom. The quantitative estimate of drug-likeness (QED) is 0.829. The number of rotatable bonds is 6. The van der Waals surface area contributed by atoms with E-state index in [0.29, 0.717) is 17.9 Å². The first-order valence-corrected chi connectivity index (χ1v) is 6.94. The molecule has 1 aromatic carbocycles. The summed E-state index contributed by atoms with van der Waals surface area (Å²) in [5.41, 5.74) is 0.368. The maximum Gasteiger partial charge on any atom is 0.325 e. The fourth-order valence-electron chi connectivity index (χ4n) is 2.03. The molecule has 0 aromatic heterocycles. The Morgan fingerprint density at radius 1 is 1.52 bits per heavy atom. The molecule has 1 fully saturated rings. The average molecular weight is 293 g/mol. The summed E-state index contributed by atoms with van der Waals surface area (Å²) in [6, 6.07) is 5.73. The summed E-state index contributed by atoms with van der Waals surface area (Å²) in [5.74, 6) is -0.942. The van der Waals surface area contributed by atoms with E-state index in [2.05, 4.69) is 5.32 Å². The molecule has 1 heterocycles. The van der Waals surface area contributed by atoms with Crippen LogP contribution < -0.4 is 10.1 Å². The van der Waals surface area contributed by atoms with E-state index in [0.717, 1.165) is 19.4 Å². The lowest BCUT2D eigenvalue weighted by Crippen LogP contribution is -2.38. The van der Waals surface area contributed by atoms with Crippen LogP contribution in [0.5, 0.6) is 5.75 Å². The van der Waals surface area contributed by atoms with Crippen LogP contribution in [-0.2, 0) is 9.53 Å². The minimum Gasteiger partial charge on any atom is -0.491 e. The van der Waals surface area contributed by atoms with Crippen molar-refractivity contribution in [2.24, 2.45) is 0 Å². The highest BCUT2D eigenvalue weighted by atomic mass is 16.5. The molecule has 1 amide bonds. The third-order valence-corrected chi connectivity index (χ3v) is 3.27. The summed E-state index contributed by atoms with van der Waals surface area (Å²) < 4.78 is 11.1. The first-order chi connectivity index (χ1) is 10.1. The number of hydrogen-bond donors (Lipinski definition) is 2. The maximum atomic E-state index is 11.9. The standard InChI is InChI=1S/C15H19NO5/c1-10(15(18)19)16-14(17)11-4-2-5-12(8-11)21-9-13-6-3-7-20-13/h2,4-5,8,10,13H,3,6-7,9H2,1H3,(H,16,17)(H,18,19)/t10-,13-/m0/s1. The molecule has 2 N–H and O–H groups in total. The number of carboxylic acids is 1. The second kappa shape index (κ2) is 7.08. The summed E-state index contributed by atoms with van der Waals surface area (Å²) in [6.07, 6.45) is 2.13. The monoisotopic (exact) mass is 293 g/mol. The van der Waals surface area contributed by atoms with Crippen LogP contribution in [0.15, 0.2) is 24.3 Å². The van der Waals surface area contributed by atoms with Gasteiger partial charge in [-0.15, -0.1) is 0 Å². The van der Waals surface area contributed by atoms with E-state index in [4.69, 9.17) is 14.6 Å². The molecule has 1 aliphatic heterocycles. The highest BCUT2D eigenvalue weighted by Crippen LogP contribution is 2.17. The van der Waals surface area contributed by atoms with Crippen molar-refractivity contribution in [2.75, 3.05) is 13.2 Å². The molecule has 1 aliphatic rings. The zero-order valence-corrected chi connectivity index (χ0v) is 11.9. The second-order valence-electron chi connectivity index (χ2n) is 5.01. The summed E-state index contributed by atoms with van der Waals surface area (Å²) in [7, 11) is 0. The largest absolute Gasteiger partial charge is 0.491 e. The molecule has 114 valence electrons. The predicted molar refractivity (Wildman–Crippen MR) is 75.5 cm³/mol. The Hall–Kier alpha value is -2.08. The van der Waals surface area contributed by atoms with Crippen LogP contribution in [0.2, 0.25) is 0 Å². The van der Waals surface area contributed by atoms with Crippen LogP contribution in [0, 0.1) is 0 Å². The first-order valence-electron chi connectivity index (χ1n) is 6.94. The molecule has 0 unspecified atom stereocenters. The summed E-state index contributed by atoms with van der Waals surface area (Å²) in [4.78, 5) is 22.6. The second-order valence-corrected chi connectivity index (χ2v) is 5.01. The molecular weight excluding hydrogens is 274 g/mol. The number of carboxylic acid groups (broad SMARTS) is 1. The number of carbonyl (C=O) groups excluding carboxylic acids is 1. The van der Waals surface area contributed by atoms with Crippen molar-refractivity contribution in [1.82, 2.24) is 5.32 Å². The third-order valence-electron chi connectivity index (χ3n) is 3.27. The van der Waals surface area contributed by atoms with Crippen molar-refractivity contribution < 1.29 is 24.2 Å². The van der Waals surface area contributed by atoms with E-state index in [1.165, 1.54) is 6.92 Å². The molecule has 0 saturated carbocycles. The van der Waals surface area contributed by atoms with Gasteiger partial charge in [0.25, 0.3) is 5.91 Å². The van der Waals surface area contributed by atoms with E-state index in [-0.39, 0.29) is 6.10 Å². The number of benzene rings is 1. The number of ether oxygens (including phenoxy) is 2. The predicted octanol–water partition coefficient (Wildman–Crippen LogP) is 1.45. The fraction of sp³-hybridized carbons (Fsp3) is 0.467. The van der Waals surface area contributed by atoms with Crippen LogP contribution in [-0.4, -0.2) is 42.3 Å². The number of aliphatic carboxylic acids is 1. The molecule has 0 radical (unpaired) electrons. The molecule has 6 nitrogen and oxygen atoms in total. The summed E-state index contributed by atoms with van der Waals surface area (Å²) in [6.45, 7) is 2.64. The number of carbonyl (C=O) groups is 2. The van der Waals surface area contributed by atoms with Gasteiger partial charge in [0.15, 0.2) is 0 Å². The minimum absolute atomic E-state index is 0.106. The topological polar surface area (TPSA) is 84.9 Å². The van der Waals surface area contributed by atoms with Gasteiger partial charge in [-0.3, -0.25) is 9.59 Å². The molecule has 1 saturated heterocycles. The van der Waals surface area contributed by atoms with Gasteiger partial charge in [-0.25, -0.2) is 0 Å². The number of hydrogen-bond acceptors (Lipinski definition) is 4. The van der Waals surface area contributed by atoms with Crippen molar-refractivity contribution in [3.63, 3.8) is 0 Å². The van der Waals surface area contributed by atoms with E-state index < -0.39 is 17.9 Å². The van der Waals surface area contributed by atoms with Gasteiger partial charge in [0.05, 0.1) is 6.10 Å². The van der Waals surface area contributed by atoms with Gasteiger partial charge in [-0.2, -0.15) is 0 Å². The van der Waals surface area contributed by atoms with Gasteiger partial charge in [0, 0.05) is 12.2 Å². The summed E-state index contributed by atoms with van der Waals surface area (Å²) in [5, 5.41) is 11.2. The first kappa shape index (κ1) is 15.3. The van der Waals surface area contributed by atoms with E-state index in [9.17, 15) is 9.59 Å². The molecule has 2 atom stereocenters. The van der Waals surface area contributed by atoms with Gasteiger partial charge in [-0.1, -0.05) is 6.07 Å². The number of nitrogens with one attached hydrogen (secondary N) is 1. The lowest BCUT2D eigenvalue weighted by Gasteiger charge is -2.13. The Kier molecular flexibility index (Phi) is 5.16. The van der Waals surface area contributed by atoms with E-state index in [1.54, 1.807) is 24.3 Å². The minimum atomic E-state index is -1.07. The van der Waals surface area contributed by atoms with E-state index in [1.807, 2.05) is 0 Å². The van der Waals surface area contributed by atoms with Crippen molar-refractivity contribution in [3.8, 4) is 5.75 Å². The van der Waals surface area contributed by atoms with Crippen molar-refractivity contribution in [1.29, 1.82) is 0 Å². The normalized spacial score (nSPS) is 19.0. The molecule has 6 heteroatoms. The highest BCUT2D eigenvalue weighted by molar-refractivity contribution is 5.96. The van der Waals surface area contributed by atoms with Crippen molar-refractivity contribution >= 4 is 11.9 Å². The van der Waals surface area contributed by atoms with Gasteiger partial charge < -0.3 is 19.9 Å². The van der Waals surface area contributed by atoms with Crippen LogP contribution in [0.1, 0.15) is 30.1 Å². The zero-order chi connectivity index (χ0) is 15.2. The molecule has 0 aliphatic carbocycles. The SMILES string of the molecule is C[C@H](NC(=O)c1cccc(OC[C@@H]2CCCO2)c1)C(=O)O. The third kappa shape index (κ3) is 4.46. The Labute approximate surface area is 123 Å². The van der Waals surface area contributed by atoms with Crippen LogP contribution in [0.3, 0.4) is 0 Å².